The molecule has 2 N–H and O–H groups in total. The average molecular weight is 331 g/mol. The summed E-state index contributed by atoms with van der Waals surface area (Å²) in [6.07, 6.45) is 1.72. The molecule has 0 spiro atoms. The number of hydrogen-bond donors (Lipinski definition) is 1. The van der Waals surface area contributed by atoms with Gasteiger partial charge in [0.1, 0.15) is 0 Å². The summed E-state index contributed by atoms with van der Waals surface area (Å²) in [5.41, 5.74) is 7.25. The van der Waals surface area contributed by atoms with Crippen LogP contribution in [0.25, 0.3) is 0 Å². The van der Waals surface area contributed by atoms with E-state index in [4.69, 9.17) is 17.3 Å². The van der Waals surface area contributed by atoms with Gasteiger partial charge in [0.15, 0.2) is 0 Å². The van der Waals surface area contributed by atoms with Crippen molar-refractivity contribution in [2.45, 2.75) is 18.9 Å². The molecule has 0 aliphatic heterocycles. The first-order valence-electron chi connectivity index (χ1n) is 5.37. The van der Waals surface area contributed by atoms with Gasteiger partial charge >= 0.3 is 0 Å². The van der Waals surface area contributed by atoms with Crippen LogP contribution in [0.5, 0.6) is 0 Å². The van der Waals surface area contributed by atoms with Gasteiger partial charge in [0.05, 0.1) is 0 Å². The lowest BCUT2D eigenvalue weighted by Gasteiger charge is -2.12. The molecule has 0 amide bonds. The Kier molecular flexibility index (Phi) is 4.62. The standard InChI is InChI=1S/C13H13BrClNS/c14-10-4-3-9(13(15)7-10)6-11(16)8-12-2-1-5-17-12/h1-5,7,11H,6,8,16H2. The number of halogens is 2. The minimum absolute atomic E-state index is 0.118. The number of hydrogen-bond acceptors (Lipinski definition) is 2. The lowest BCUT2D eigenvalue weighted by atomic mass is 10.0. The minimum Gasteiger partial charge on any atom is -0.327 e. The molecule has 1 nitrogen and oxygen atoms in total. The third kappa shape index (κ3) is 3.81. The van der Waals surface area contributed by atoms with Gasteiger partial charge in [0.2, 0.25) is 0 Å². The normalized spacial score (nSPS) is 12.6. The van der Waals surface area contributed by atoms with Crippen LogP contribution >= 0.6 is 38.9 Å². The third-order valence-electron chi connectivity index (χ3n) is 2.54. The molecule has 1 heterocycles. The maximum atomic E-state index is 6.17. The highest BCUT2D eigenvalue weighted by atomic mass is 79.9. The van der Waals surface area contributed by atoms with E-state index in [-0.39, 0.29) is 6.04 Å². The van der Waals surface area contributed by atoms with Crippen molar-refractivity contribution in [3.63, 3.8) is 0 Å². The number of nitrogens with two attached hydrogens (primary N) is 1. The first-order valence-corrected chi connectivity index (χ1v) is 7.42. The monoisotopic (exact) mass is 329 g/mol. The zero-order valence-corrected chi connectivity index (χ0v) is 12.4. The molecule has 0 aliphatic rings. The molecule has 0 bridgehead atoms. The van der Waals surface area contributed by atoms with Crippen LogP contribution in [0.1, 0.15) is 10.4 Å². The molecule has 1 unspecified atom stereocenters. The van der Waals surface area contributed by atoms with Gasteiger partial charge in [-0.15, -0.1) is 11.3 Å². The van der Waals surface area contributed by atoms with Crippen molar-refractivity contribution in [1.82, 2.24) is 0 Å². The Labute approximate surface area is 119 Å². The summed E-state index contributed by atoms with van der Waals surface area (Å²) in [5, 5.41) is 2.86. The zero-order valence-electron chi connectivity index (χ0n) is 9.20. The molecule has 0 aliphatic carbocycles. The lowest BCUT2D eigenvalue weighted by Crippen LogP contribution is -2.25. The van der Waals surface area contributed by atoms with Gasteiger partial charge in [0, 0.05) is 20.4 Å². The SMILES string of the molecule is NC(Cc1cccs1)Cc1ccc(Br)cc1Cl. The van der Waals surface area contributed by atoms with Crippen molar-refractivity contribution in [3.8, 4) is 0 Å². The highest BCUT2D eigenvalue weighted by molar-refractivity contribution is 9.10. The summed E-state index contributed by atoms with van der Waals surface area (Å²) >= 11 is 11.3. The summed E-state index contributed by atoms with van der Waals surface area (Å²) in [6, 6.07) is 10.2. The van der Waals surface area contributed by atoms with Crippen LogP contribution in [-0.2, 0) is 12.8 Å². The molecular formula is C13H13BrClNS. The molecular weight excluding hydrogens is 318 g/mol. The molecule has 2 rings (SSSR count). The van der Waals surface area contributed by atoms with E-state index in [0.717, 1.165) is 27.9 Å². The van der Waals surface area contributed by atoms with Crippen molar-refractivity contribution < 1.29 is 0 Å². The molecule has 1 aromatic carbocycles. The average Bonchev–Trinajstić information content (AvgIpc) is 2.75. The van der Waals surface area contributed by atoms with E-state index in [0.29, 0.717) is 0 Å². The predicted octanol–water partition coefficient (Wildman–Crippen LogP) is 4.28. The number of rotatable bonds is 4. The second-order valence-corrected chi connectivity index (χ2v) is 6.34. The van der Waals surface area contributed by atoms with Crippen molar-refractivity contribution in [2.75, 3.05) is 0 Å². The van der Waals surface area contributed by atoms with Gasteiger partial charge in [-0.1, -0.05) is 39.7 Å². The van der Waals surface area contributed by atoms with Crippen LogP contribution in [0.15, 0.2) is 40.2 Å². The lowest BCUT2D eigenvalue weighted by molar-refractivity contribution is 0.671. The van der Waals surface area contributed by atoms with Gasteiger partial charge in [-0.05, 0) is 42.0 Å². The summed E-state index contributed by atoms with van der Waals surface area (Å²) in [4.78, 5) is 1.32. The van der Waals surface area contributed by atoms with Crippen LogP contribution in [0.2, 0.25) is 5.02 Å². The molecule has 1 atom stereocenters. The second kappa shape index (κ2) is 6.01. The largest absolute Gasteiger partial charge is 0.327 e. The topological polar surface area (TPSA) is 26.0 Å². The maximum Gasteiger partial charge on any atom is 0.0449 e. The maximum absolute atomic E-state index is 6.17. The highest BCUT2D eigenvalue weighted by Gasteiger charge is 2.09. The molecule has 4 heteroatoms. The van der Waals surface area contributed by atoms with Gasteiger partial charge in [-0.3, -0.25) is 0 Å². The fourth-order valence-corrected chi connectivity index (χ4v) is 3.28. The van der Waals surface area contributed by atoms with E-state index in [2.05, 4.69) is 33.4 Å². The Morgan fingerprint density at radius 1 is 1.29 bits per heavy atom. The van der Waals surface area contributed by atoms with Crippen LogP contribution in [0, 0.1) is 0 Å². The first-order chi connectivity index (χ1) is 8.15. The second-order valence-electron chi connectivity index (χ2n) is 3.98. The van der Waals surface area contributed by atoms with Gasteiger partial charge in [-0.2, -0.15) is 0 Å². The van der Waals surface area contributed by atoms with E-state index >= 15 is 0 Å². The van der Waals surface area contributed by atoms with Crippen LogP contribution < -0.4 is 5.73 Å². The fraction of sp³-hybridized carbons (Fsp3) is 0.231. The van der Waals surface area contributed by atoms with Gasteiger partial charge < -0.3 is 5.73 Å². The summed E-state index contributed by atoms with van der Waals surface area (Å²) < 4.78 is 0.998. The van der Waals surface area contributed by atoms with Crippen molar-refractivity contribution in [2.24, 2.45) is 5.73 Å². The molecule has 0 fully saturated rings. The Hall–Kier alpha value is -0.350. The molecule has 1 aromatic heterocycles. The van der Waals surface area contributed by atoms with E-state index < -0.39 is 0 Å². The minimum atomic E-state index is 0.118. The van der Waals surface area contributed by atoms with E-state index in [1.807, 2.05) is 18.2 Å². The molecule has 0 saturated heterocycles. The smallest absolute Gasteiger partial charge is 0.0449 e. The van der Waals surface area contributed by atoms with Crippen molar-refractivity contribution in [3.05, 3.63) is 55.6 Å². The first kappa shape index (κ1) is 13.1. The molecule has 0 saturated carbocycles. The predicted molar refractivity (Wildman–Crippen MR) is 78.9 cm³/mol. The van der Waals surface area contributed by atoms with Crippen LogP contribution in [0.3, 0.4) is 0 Å². The molecule has 2 aromatic rings. The summed E-state index contributed by atoms with van der Waals surface area (Å²) in [6.45, 7) is 0. The van der Waals surface area contributed by atoms with Crippen LogP contribution in [-0.4, -0.2) is 6.04 Å². The third-order valence-corrected chi connectivity index (χ3v) is 4.28. The summed E-state index contributed by atoms with van der Waals surface area (Å²) in [5.74, 6) is 0. The van der Waals surface area contributed by atoms with Gasteiger partial charge in [0.25, 0.3) is 0 Å². The van der Waals surface area contributed by atoms with Crippen LogP contribution in [0.4, 0.5) is 0 Å². The van der Waals surface area contributed by atoms with Crippen molar-refractivity contribution >= 4 is 38.9 Å². The van der Waals surface area contributed by atoms with E-state index in [9.17, 15) is 0 Å². The molecule has 90 valence electrons. The van der Waals surface area contributed by atoms with E-state index in [1.165, 1.54) is 4.88 Å². The number of thiophene rings is 1. The molecule has 17 heavy (non-hydrogen) atoms. The molecule has 0 radical (unpaired) electrons. The number of benzene rings is 1. The van der Waals surface area contributed by atoms with E-state index in [1.54, 1.807) is 11.3 Å². The Morgan fingerprint density at radius 2 is 2.12 bits per heavy atom. The Balaban J connectivity index is 2.00. The quantitative estimate of drug-likeness (QED) is 0.890. The summed E-state index contributed by atoms with van der Waals surface area (Å²) in [7, 11) is 0. The Bertz CT molecular complexity index is 484. The highest BCUT2D eigenvalue weighted by Crippen LogP contribution is 2.23. The zero-order chi connectivity index (χ0) is 12.3. The Morgan fingerprint density at radius 3 is 2.76 bits per heavy atom. The fourth-order valence-electron chi connectivity index (χ4n) is 1.73. The van der Waals surface area contributed by atoms with Gasteiger partial charge in [-0.25, -0.2) is 0 Å². The van der Waals surface area contributed by atoms with Crippen molar-refractivity contribution in [1.29, 1.82) is 0 Å².